The molecule has 2 amide bonds. The van der Waals surface area contributed by atoms with Crippen molar-refractivity contribution < 1.29 is 9.90 Å². The quantitative estimate of drug-likeness (QED) is 0.656. The van der Waals surface area contributed by atoms with Gasteiger partial charge in [-0.05, 0) is 44.0 Å². The molecule has 5 heteroatoms. The second-order valence-electron chi connectivity index (χ2n) is 4.60. The number of carbonyl (C=O) groups is 1. The van der Waals surface area contributed by atoms with E-state index >= 15 is 0 Å². The molecular weight excluding hydrogens is 230 g/mol. The van der Waals surface area contributed by atoms with Crippen molar-refractivity contribution in [2.75, 3.05) is 25.0 Å². The molecule has 1 aliphatic rings. The zero-order chi connectivity index (χ0) is 12.8. The molecule has 0 aliphatic carbocycles. The average Bonchev–Trinajstić information content (AvgIpc) is 2.38. The molecule has 1 atom stereocenters. The summed E-state index contributed by atoms with van der Waals surface area (Å²) in [6.45, 7) is 2.72. The number of phenols is 1. The van der Waals surface area contributed by atoms with Crippen LogP contribution < -0.4 is 16.0 Å². The smallest absolute Gasteiger partial charge is 0.319 e. The standard InChI is InChI=1S/C13H19N3O2/c17-12-5-1-4-11(7-12)16-13(18)15-9-10-3-2-6-14-8-10/h1,4-5,7,10,14,17H,2-3,6,8-9H2,(H2,15,16,18). The van der Waals surface area contributed by atoms with Crippen LogP contribution in [0, 0.1) is 5.92 Å². The minimum absolute atomic E-state index is 0.143. The maximum atomic E-state index is 11.6. The maximum absolute atomic E-state index is 11.6. The lowest BCUT2D eigenvalue weighted by atomic mass is 10.00. The van der Waals surface area contributed by atoms with Gasteiger partial charge in [0.25, 0.3) is 0 Å². The van der Waals surface area contributed by atoms with Crippen LogP contribution in [0.3, 0.4) is 0 Å². The van der Waals surface area contributed by atoms with Crippen LogP contribution in [0.2, 0.25) is 0 Å². The average molecular weight is 249 g/mol. The molecule has 0 bridgehead atoms. The minimum Gasteiger partial charge on any atom is -0.508 e. The predicted molar refractivity (Wildman–Crippen MR) is 70.7 cm³/mol. The Morgan fingerprint density at radius 2 is 2.39 bits per heavy atom. The first-order valence-electron chi connectivity index (χ1n) is 6.28. The first kappa shape index (κ1) is 12.7. The van der Waals surface area contributed by atoms with E-state index in [4.69, 9.17) is 0 Å². The number of carbonyl (C=O) groups excluding carboxylic acids is 1. The van der Waals surface area contributed by atoms with E-state index in [1.807, 2.05) is 0 Å². The molecule has 0 saturated carbocycles. The molecular formula is C13H19N3O2. The van der Waals surface area contributed by atoms with Crippen LogP contribution in [0.1, 0.15) is 12.8 Å². The third-order valence-electron chi connectivity index (χ3n) is 3.05. The van der Waals surface area contributed by atoms with Gasteiger partial charge < -0.3 is 21.1 Å². The third-order valence-corrected chi connectivity index (χ3v) is 3.05. The predicted octanol–water partition coefficient (Wildman–Crippen LogP) is 1.51. The van der Waals surface area contributed by atoms with Gasteiger partial charge in [-0.1, -0.05) is 6.07 Å². The Balaban J connectivity index is 1.74. The van der Waals surface area contributed by atoms with Gasteiger partial charge in [-0.2, -0.15) is 0 Å². The molecule has 0 radical (unpaired) electrons. The Hall–Kier alpha value is -1.75. The molecule has 4 N–H and O–H groups in total. The van der Waals surface area contributed by atoms with Gasteiger partial charge in [0.2, 0.25) is 0 Å². The molecule has 1 aromatic carbocycles. The fraction of sp³-hybridized carbons (Fsp3) is 0.462. The lowest BCUT2D eigenvalue weighted by Gasteiger charge is -2.22. The van der Waals surface area contributed by atoms with Gasteiger partial charge >= 0.3 is 6.03 Å². The van der Waals surface area contributed by atoms with Gasteiger partial charge in [0.05, 0.1) is 0 Å². The van der Waals surface area contributed by atoms with E-state index in [2.05, 4.69) is 16.0 Å². The van der Waals surface area contributed by atoms with E-state index < -0.39 is 0 Å². The van der Waals surface area contributed by atoms with E-state index in [0.29, 0.717) is 18.2 Å². The van der Waals surface area contributed by atoms with Crippen molar-refractivity contribution in [3.05, 3.63) is 24.3 Å². The number of benzene rings is 1. The lowest BCUT2D eigenvalue weighted by Crippen LogP contribution is -2.39. The van der Waals surface area contributed by atoms with Crippen molar-refractivity contribution in [2.24, 2.45) is 5.92 Å². The largest absolute Gasteiger partial charge is 0.508 e. The highest BCUT2D eigenvalue weighted by Gasteiger charge is 2.13. The normalized spacial score (nSPS) is 19.2. The molecule has 1 heterocycles. The van der Waals surface area contributed by atoms with Gasteiger partial charge in [-0.25, -0.2) is 4.79 Å². The van der Waals surface area contributed by atoms with Crippen LogP contribution in [0.4, 0.5) is 10.5 Å². The summed E-state index contributed by atoms with van der Waals surface area (Å²) < 4.78 is 0. The minimum atomic E-state index is -0.230. The molecule has 1 unspecified atom stereocenters. The van der Waals surface area contributed by atoms with Crippen molar-refractivity contribution in [2.45, 2.75) is 12.8 Å². The Morgan fingerprint density at radius 1 is 1.50 bits per heavy atom. The lowest BCUT2D eigenvalue weighted by molar-refractivity contribution is 0.248. The van der Waals surface area contributed by atoms with Gasteiger partial charge in [-0.3, -0.25) is 0 Å². The fourth-order valence-electron chi connectivity index (χ4n) is 2.09. The molecule has 1 fully saturated rings. The highest BCUT2D eigenvalue weighted by Crippen LogP contribution is 2.15. The number of nitrogens with one attached hydrogen (secondary N) is 3. The van der Waals surface area contributed by atoms with Crippen LogP contribution in [0.25, 0.3) is 0 Å². The monoisotopic (exact) mass is 249 g/mol. The van der Waals surface area contributed by atoms with Crippen LogP contribution >= 0.6 is 0 Å². The van der Waals surface area contributed by atoms with Crippen molar-refractivity contribution in [1.29, 1.82) is 0 Å². The molecule has 0 spiro atoms. The summed E-state index contributed by atoms with van der Waals surface area (Å²) in [6.07, 6.45) is 2.32. The van der Waals surface area contributed by atoms with Crippen LogP contribution in [0.15, 0.2) is 24.3 Å². The van der Waals surface area contributed by atoms with Crippen molar-refractivity contribution in [1.82, 2.24) is 10.6 Å². The second kappa shape index (κ2) is 6.26. The SMILES string of the molecule is O=C(NCC1CCCNC1)Nc1cccc(O)c1. The second-order valence-corrected chi connectivity index (χ2v) is 4.60. The zero-order valence-electron chi connectivity index (χ0n) is 10.3. The van der Waals surface area contributed by atoms with E-state index in [9.17, 15) is 9.90 Å². The number of hydrogen-bond acceptors (Lipinski definition) is 3. The highest BCUT2D eigenvalue weighted by molar-refractivity contribution is 5.89. The Morgan fingerprint density at radius 3 is 3.11 bits per heavy atom. The topological polar surface area (TPSA) is 73.4 Å². The van der Waals surface area contributed by atoms with E-state index in [-0.39, 0.29) is 11.8 Å². The summed E-state index contributed by atoms with van der Waals surface area (Å²) in [4.78, 5) is 11.6. The Labute approximate surface area is 107 Å². The highest BCUT2D eigenvalue weighted by atomic mass is 16.3. The number of aromatic hydroxyl groups is 1. The van der Waals surface area contributed by atoms with Crippen molar-refractivity contribution in [3.63, 3.8) is 0 Å². The molecule has 0 aromatic heterocycles. The van der Waals surface area contributed by atoms with E-state index in [1.165, 1.54) is 12.5 Å². The Bertz CT molecular complexity index is 403. The number of anilines is 1. The van der Waals surface area contributed by atoms with Gasteiger partial charge in [0.15, 0.2) is 0 Å². The van der Waals surface area contributed by atoms with E-state index in [0.717, 1.165) is 19.5 Å². The first-order valence-corrected chi connectivity index (χ1v) is 6.28. The fourth-order valence-corrected chi connectivity index (χ4v) is 2.09. The number of hydrogen-bond donors (Lipinski definition) is 4. The van der Waals surface area contributed by atoms with Crippen molar-refractivity contribution in [3.8, 4) is 5.75 Å². The van der Waals surface area contributed by atoms with Gasteiger partial charge in [0, 0.05) is 18.3 Å². The molecule has 1 saturated heterocycles. The summed E-state index contributed by atoms with van der Waals surface area (Å²) in [5, 5.41) is 18.1. The van der Waals surface area contributed by atoms with Crippen LogP contribution in [-0.4, -0.2) is 30.8 Å². The summed E-state index contributed by atoms with van der Waals surface area (Å²) in [5.74, 6) is 0.651. The van der Waals surface area contributed by atoms with Crippen LogP contribution in [0.5, 0.6) is 5.75 Å². The number of phenolic OH excluding ortho intramolecular Hbond substituents is 1. The molecule has 1 aromatic rings. The van der Waals surface area contributed by atoms with Crippen molar-refractivity contribution >= 4 is 11.7 Å². The summed E-state index contributed by atoms with van der Waals surface area (Å²) in [7, 11) is 0. The molecule has 5 nitrogen and oxygen atoms in total. The summed E-state index contributed by atoms with van der Waals surface area (Å²) in [5.41, 5.74) is 0.592. The Kier molecular flexibility index (Phi) is 4.41. The number of piperidine rings is 1. The summed E-state index contributed by atoms with van der Waals surface area (Å²) >= 11 is 0. The maximum Gasteiger partial charge on any atom is 0.319 e. The number of rotatable bonds is 3. The molecule has 2 rings (SSSR count). The molecule has 18 heavy (non-hydrogen) atoms. The van der Waals surface area contributed by atoms with Gasteiger partial charge in [0.1, 0.15) is 5.75 Å². The molecule has 1 aliphatic heterocycles. The van der Waals surface area contributed by atoms with Crippen LogP contribution in [-0.2, 0) is 0 Å². The number of amides is 2. The zero-order valence-corrected chi connectivity index (χ0v) is 10.3. The third kappa shape index (κ3) is 3.92. The summed E-state index contributed by atoms with van der Waals surface area (Å²) in [6, 6.07) is 6.28. The number of urea groups is 1. The van der Waals surface area contributed by atoms with E-state index in [1.54, 1.807) is 18.2 Å². The molecule has 98 valence electrons. The van der Waals surface area contributed by atoms with Gasteiger partial charge in [-0.15, -0.1) is 0 Å². The first-order chi connectivity index (χ1) is 8.74.